The van der Waals surface area contributed by atoms with Crippen LogP contribution in [0.4, 0.5) is 4.79 Å². The quantitative estimate of drug-likeness (QED) is 0.698. The zero-order valence-electron chi connectivity index (χ0n) is 9.29. The van der Waals surface area contributed by atoms with Crippen molar-refractivity contribution in [1.29, 1.82) is 0 Å². The lowest BCUT2D eigenvalue weighted by Gasteiger charge is -2.20. The molecule has 0 aliphatic heterocycles. The summed E-state index contributed by atoms with van der Waals surface area (Å²) in [6, 6.07) is -0.201. The summed E-state index contributed by atoms with van der Waals surface area (Å²) in [6.45, 7) is 6.18. The molecule has 0 unspecified atom stereocenters. The minimum atomic E-state index is -0.477. The topological polar surface area (TPSA) is 73.6 Å². The highest BCUT2D eigenvalue weighted by molar-refractivity contribution is 5.67. The van der Waals surface area contributed by atoms with Crippen LogP contribution in [0.1, 0.15) is 20.8 Å². The summed E-state index contributed by atoms with van der Waals surface area (Å²) in [4.78, 5) is 11.1. The molecule has 0 bridgehead atoms. The first-order valence-corrected chi connectivity index (χ1v) is 4.56. The molecule has 5 heteroatoms. The number of nitrogens with one attached hydrogen (secondary N) is 1. The lowest BCUT2D eigenvalue weighted by Crippen LogP contribution is -2.42. The zero-order valence-corrected chi connectivity index (χ0v) is 9.29. The molecule has 0 aromatic rings. The minimum Gasteiger partial charge on any atom is -0.444 e. The Morgan fingerprint density at radius 2 is 2.07 bits per heavy atom. The van der Waals surface area contributed by atoms with E-state index < -0.39 is 11.7 Å². The van der Waals surface area contributed by atoms with Gasteiger partial charge in [-0.1, -0.05) is 0 Å². The van der Waals surface area contributed by atoms with Crippen LogP contribution in [0.5, 0.6) is 0 Å². The molecule has 0 saturated carbocycles. The van der Waals surface area contributed by atoms with Crippen LogP contribution in [0.15, 0.2) is 0 Å². The second-order valence-corrected chi connectivity index (χ2v) is 4.10. The van der Waals surface area contributed by atoms with E-state index in [4.69, 9.17) is 15.2 Å². The first-order valence-electron chi connectivity index (χ1n) is 4.56. The highest BCUT2D eigenvalue weighted by Crippen LogP contribution is 2.06. The van der Waals surface area contributed by atoms with Crippen LogP contribution in [-0.4, -0.2) is 38.0 Å². The molecule has 1 amide bonds. The van der Waals surface area contributed by atoms with Crippen molar-refractivity contribution in [3.63, 3.8) is 0 Å². The van der Waals surface area contributed by atoms with Gasteiger partial charge in [0.1, 0.15) is 5.60 Å². The molecule has 1 atom stereocenters. The largest absolute Gasteiger partial charge is 0.444 e. The summed E-state index contributed by atoms with van der Waals surface area (Å²) < 4.78 is 9.84. The van der Waals surface area contributed by atoms with Gasteiger partial charge in [-0.25, -0.2) is 4.79 Å². The molecule has 0 aliphatic carbocycles. The molecule has 84 valence electrons. The molecule has 0 aliphatic rings. The van der Waals surface area contributed by atoms with Crippen LogP contribution in [0, 0.1) is 0 Å². The Kier molecular flexibility index (Phi) is 5.49. The second-order valence-electron chi connectivity index (χ2n) is 4.10. The van der Waals surface area contributed by atoms with E-state index in [1.54, 1.807) is 7.11 Å². The van der Waals surface area contributed by atoms with E-state index in [9.17, 15) is 4.79 Å². The first kappa shape index (κ1) is 13.2. The lowest BCUT2D eigenvalue weighted by atomic mass is 10.2. The maximum absolute atomic E-state index is 11.1. The number of carbonyl (C=O) groups excluding carboxylic acids is 1. The monoisotopic (exact) mass is 204 g/mol. The van der Waals surface area contributed by atoms with Crippen molar-refractivity contribution in [2.45, 2.75) is 32.4 Å². The van der Waals surface area contributed by atoms with Crippen molar-refractivity contribution < 1.29 is 14.3 Å². The third-order valence-electron chi connectivity index (χ3n) is 1.29. The smallest absolute Gasteiger partial charge is 0.407 e. The van der Waals surface area contributed by atoms with E-state index in [0.717, 1.165) is 0 Å². The average molecular weight is 204 g/mol. The van der Waals surface area contributed by atoms with E-state index in [-0.39, 0.29) is 6.04 Å². The summed E-state index contributed by atoms with van der Waals surface area (Å²) in [5.74, 6) is 0. The maximum atomic E-state index is 11.1. The van der Waals surface area contributed by atoms with Crippen molar-refractivity contribution in [3.05, 3.63) is 0 Å². The van der Waals surface area contributed by atoms with Gasteiger partial charge in [0.25, 0.3) is 0 Å². The van der Waals surface area contributed by atoms with Crippen LogP contribution in [-0.2, 0) is 9.47 Å². The normalized spacial score (nSPS) is 13.5. The number of ether oxygens (including phenoxy) is 2. The predicted molar refractivity (Wildman–Crippen MR) is 54.1 cm³/mol. The molecular formula is C9H20N2O3. The molecule has 0 rings (SSSR count). The molecule has 3 N–H and O–H groups in total. The number of rotatable bonds is 4. The van der Waals surface area contributed by atoms with Crippen LogP contribution in [0.3, 0.4) is 0 Å². The standard InChI is InChI=1S/C9H20N2O3/c1-9(2,3)14-8(12)11-5-7(10)6-13-4/h7H,5-6,10H2,1-4H3,(H,11,12)/t7-/m0/s1. The van der Waals surface area contributed by atoms with Crippen molar-refractivity contribution in [2.24, 2.45) is 5.73 Å². The maximum Gasteiger partial charge on any atom is 0.407 e. The Morgan fingerprint density at radius 3 is 2.50 bits per heavy atom. The molecular weight excluding hydrogens is 184 g/mol. The zero-order chi connectivity index (χ0) is 11.2. The van der Waals surface area contributed by atoms with Crippen LogP contribution >= 0.6 is 0 Å². The molecule has 0 saturated heterocycles. The third kappa shape index (κ3) is 7.82. The van der Waals surface area contributed by atoms with Crippen LogP contribution in [0.2, 0.25) is 0 Å². The Labute approximate surface area is 84.9 Å². The Balaban J connectivity index is 3.64. The van der Waals surface area contributed by atoms with Gasteiger partial charge < -0.3 is 20.5 Å². The Bertz CT molecular complexity index is 177. The minimum absolute atomic E-state index is 0.201. The SMILES string of the molecule is COC[C@@H](N)CNC(=O)OC(C)(C)C. The molecule has 0 aromatic carbocycles. The van der Waals surface area contributed by atoms with Crippen molar-refractivity contribution >= 4 is 6.09 Å². The number of carbonyl (C=O) groups is 1. The highest BCUT2D eigenvalue weighted by Gasteiger charge is 2.16. The fourth-order valence-electron chi connectivity index (χ4n) is 0.802. The van der Waals surface area contributed by atoms with Crippen molar-refractivity contribution in [1.82, 2.24) is 5.32 Å². The molecule has 0 aromatic heterocycles. The number of hydrogen-bond donors (Lipinski definition) is 2. The number of amides is 1. The summed E-state index contributed by atoms with van der Waals surface area (Å²) in [5.41, 5.74) is 5.12. The Hall–Kier alpha value is -0.810. The fourth-order valence-corrected chi connectivity index (χ4v) is 0.802. The molecule has 0 radical (unpaired) electrons. The first-order chi connectivity index (χ1) is 6.35. The molecule has 0 heterocycles. The van der Waals surface area contributed by atoms with Gasteiger partial charge in [-0.3, -0.25) is 0 Å². The van der Waals surface area contributed by atoms with Crippen LogP contribution in [0.25, 0.3) is 0 Å². The van der Waals surface area contributed by atoms with Gasteiger partial charge in [0, 0.05) is 19.7 Å². The van der Waals surface area contributed by atoms with Gasteiger partial charge >= 0.3 is 6.09 Å². The lowest BCUT2D eigenvalue weighted by molar-refractivity contribution is 0.0518. The van der Waals surface area contributed by atoms with Gasteiger partial charge in [0.2, 0.25) is 0 Å². The summed E-state index contributed by atoms with van der Waals surface area (Å²) in [5, 5.41) is 2.56. The molecule has 0 fully saturated rings. The van der Waals surface area contributed by atoms with Gasteiger partial charge in [-0.05, 0) is 20.8 Å². The van der Waals surface area contributed by atoms with E-state index in [2.05, 4.69) is 5.32 Å². The fraction of sp³-hybridized carbons (Fsp3) is 0.889. The van der Waals surface area contributed by atoms with Gasteiger partial charge in [0.05, 0.1) is 6.61 Å². The third-order valence-corrected chi connectivity index (χ3v) is 1.29. The predicted octanol–water partition coefficient (Wildman–Crippen LogP) is 0.485. The summed E-state index contributed by atoms with van der Waals surface area (Å²) in [6.07, 6.45) is -0.455. The van der Waals surface area contributed by atoms with Gasteiger partial charge in [-0.15, -0.1) is 0 Å². The summed E-state index contributed by atoms with van der Waals surface area (Å²) >= 11 is 0. The van der Waals surface area contributed by atoms with E-state index in [1.807, 2.05) is 20.8 Å². The highest BCUT2D eigenvalue weighted by atomic mass is 16.6. The van der Waals surface area contributed by atoms with Gasteiger partial charge in [-0.2, -0.15) is 0 Å². The molecule has 14 heavy (non-hydrogen) atoms. The second kappa shape index (κ2) is 5.82. The summed E-state index contributed by atoms with van der Waals surface area (Å²) in [7, 11) is 1.56. The average Bonchev–Trinajstić information content (AvgIpc) is 1.98. The Morgan fingerprint density at radius 1 is 1.50 bits per heavy atom. The number of methoxy groups -OCH3 is 1. The van der Waals surface area contributed by atoms with Gasteiger partial charge in [0.15, 0.2) is 0 Å². The number of hydrogen-bond acceptors (Lipinski definition) is 4. The van der Waals surface area contributed by atoms with Crippen molar-refractivity contribution in [3.8, 4) is 0 Å². The van der Waals surface area contributed by atoms with E-state index >= 15 is 0 Å². The molecule has 5 nitrogen and oxygen atoms in total. The molecule has 0 spiro atoms. The van der Waals surface area contributed by atoms with E-state index in [1.165, 1.54) is 0 Å². The van der Waals surface area contributed by atoms with Crippen molar-refractivity contribution in [2.75, 3.05) is 20.3 Å². The van der Waals surface area contributed by atoms with E-state index in [0.29, 0.717) is 13.2 Å². The number of alkyl carbamates (subject to hydrolysis) is 1. The number of nitrogens with two attached hydrogens (primary N) is 1. The van der Waals surface area contributed by atoms with Crippen LogP contribution < -0.4 is 11.1 Å².